The van der Waals surface area contributed by atoms with Crippen molar-refractivity contribution >= 4 is 0 Å². The van der Waals surface area contributed by atoms with E-state index in [4.69, 9.17) is 0 Å². The number of rotatable bonds is 0. The zero-order valence-electron chi connectivity index (χ0n) is 5.70. The van der Waals surface area contributed by atoms with Crippen molar-refractivity contribution in [3.8, 4) is 0 Å². The molecule has 1 aromatic heterocycles. The SMILES string of the molecule is Cc1n[n-]c(C)c1C.[Ag+]. The molecule has 0 bridgehead atoms. The first-order valence-corrected chi connectivity index (χ1v) is 2.65. The normalized spacial score (nSPS) is 8.78. The first-order chi connectivity index (χ1) is 3.72. The molecule has 0 fully saturated rings. The van der Waals surface area contributed by atoms with Gasteiger partial charge in [0.25, 0.3) is 0 Å². The molecule has 1 heterocycles. The molecule has 0 radical (unpaired) electrons. The van der Waals surface area contributed by atoms with E-state index in [2.05, 4.69) is 10.2 Å². The van der Waals surface area contributed by atoms with E-state index in [-0.39, 0.29) is 22.4 Å². The maximum absolute atomic E-state index is 3.87. The van der Waals surface area contributed by atoms with E-state index < -0.39 is 0 Å². The smallest absolute Gasteiger partial charge is 0.579 e. The molecule has 0 saturated carbocycles. The summed E-state index contributed by atoms with van der Waals surface area (Å²) in [5.41, 5.74) is 3.30. The van der Waals surface area contributed by atoms with Gasteiger partial charge in [-0.05, 0) is 19.4 Å². The second kappa shape index (κ2) is 3.20. The summed E-state index contributed by atoms with van der Waals surface area (Å²) in [6, 6.07) is 0. The van der Waals surface area contributed by atoms with Crippen LogP contribution in [0.2, 0.25) is 0 Å². The van der Waals surface area contributed by atoms with Crippen LogP contribution in [0.4, 0.5) is 0 Å². The minimum absolute atomic E-state index is 0. The fraction of sp³-hybridized carbons (Fsp3) is 0.500. The Morgan fingerprint density at radius 1 is 1.22 bits per heavy atom. The Bertz CT molecular complexity index is 173. The van der Waals surface area contributed by atoms with Gasteiger partial charge in [-0.2, -0.15) is 0 Å². The fourth-order valence-electron chi connectivity index (χ4n) is 0.562. The van der Waals surface area contributed by atoms with Crippen LogP contribution in [0.1, 0.15) is 17.0 Å². The summed E-state index contributed by atoms with van der Waals surface area (Å²) in [7, 11) is 0. The summed E-state index contributed by atoms with van der Waals surface area (Å²) < 4.78 is 0. The predicted molar refractivity (Wildman–Crippen MR) is 31.8 cm³/mol. The van der Waals surface area contributed by atoms with Gasteiger partial charge in [0, 0.05) is 5.69 Å². The van der Waals surface area contributed by atoms with Crippen LogP contribution >= 0.6 is 0 Å². The minimum Gasteiger partial charge on any atom is -0.579 e. The number of hydrogen-bond donors (Lipinski definition) is 0. The maximum atomic E-state index is 3.87. The van der Waals surface area contributed by atoms with Crippen molar-refractivity contribution < 1.29 is 22.4 Å². The Labute approximate surface area is 70.6 Å². The number of nitrogens with zero attached hydrogens (tertiary/aromatic N) is 2. The van der Waals surface area contributed by atoms with Crippen LogP contribution in [0.15, 0.2) is 0 Å². The summed E-state index contributed by atoms with van der Waals surface area (Å²) in [5, 5.41) is 7.73. The van der Waals surface area contributed by atoms with E-state index in [1.54, 1.807) is 0 Å². The van der Waals surface area contributed by atoms with Crippen LogP contribution in [-0.4, -0.2) is 5.10 Å². The second-order valence-electron chi connectivity index (χ2n) is 2.00. The zero-order chi connectivity index (χ0) is 6.15. The largest absolute Gasteiger partial charge is 1.00 e. The summed E-state index contributed by atoms with van der Waals surface area (Å²) in [6.45, 7) is 5.97. The molecular formula is C6H9AgN2. The third-order valence-corrected chi connectivity index (χ3v) is 1.44. The van der Waals surface area contributed by atoms with Crippen LogP contribution in [0.5, 0.6) is 0 Å². The van der Waals surface area contributed by atoms with E-state index in [9.17, 15) is 0 Å². The van der Waals surface area contributed by atoms with Crippen LogP contribution < -0.4 is 5.10 Å². The van der Waals surface area contributed by atoms with Crippen LogP contribution in [0, 0.1) is 20.8 Å². The minimum atomic E-state index is 0. The van der Waals surface area contributed by atoms with Crippen molar-refractivity contribution in [1.82, 2.24) is 10.2 Å². The molecule has 0 N–H and O–H groups in total. The van der Waals surface area contributed by atoms with Crippen LogP contribution in [0.3, 0.4) is 0 Å². The summed E-state index contributed by atoms with van der Waals surface area (Å²) in [6.07, 6.45) is 0. The molecule has 0 aliphatic carbocycles. The molecule has 9 heavy (non-hydrogen) atoms. The van der Waals surface area contributed by atoms with Crippen molar-refractivity contribution in [2.24, 2.45) is 0 Å². The van der Waals surface area contributed by atoms with Crippen LogP contribution in [0.25, 0.3) is 0 Å². The van der Waals surface area contributed by atoms with Crippen molar-refractivity contribution in [2.45, 2.75) is 20.8 Å². The zero-order valence-corrected chi connectivity index (χ0v) is 7.18. The summed E-state index contributed by atoms with van der Waals surface area (Å²) in [4.78, 5) is 0. The van der Waals surface area contributed by atoms with E-state index in [0.29, 0.717) is 0 Å². The Balaban J connectivity index is 0.000000640. The van der Waals surface area contributed by atoms with Gasteiger partial charge in [0.1, 0.15) is 0 Å². The monoisotopic (exact) mass is 216 g/mol. The Morgan fingerprint density at radius 3 is 1.89 bits per heavy atom. The van der Waals surface area contributed by atoms with Gasteiger partial charge in [0.05, 0.1) is 0 Å². The first kappa shape index (κ1) is 8.95. The molecule has 1 rings (SSSR count). The first-order valence-electron chi connectivity index (χ1n) is 2.65. The standard InChI is InChI=1S/C6H9N2.Ag/c1-4-5(2)7-8-6(4)3;/h1-3H3;/q-1;+1. The number of aromatic nitrogens is 2. The molecule has 0 saturated heterocycles. The van der Waals surface area contributed by atoms with E-state index in [1.165, 1.54) is 5.56 Å². The molecule has 1 aromatic rings. The van der Waals surface area contributed by atoms with Crippen molar-refractivity contribution in [3.05, 3.63) is 17.0 Å². The Kier molecular flexibility index (Phi) is 3.19. The molecule has 2 nitrogen and oxygen atoms in total. The van der Waals surface area contributed by atoms with Gasteiger partial charge >= 0.3 is 22.4 Å². The molecule has 54 valence electrons. The Morgan fingerprint density at radius 2 is 1.78 bits per heavy atom. The summed E-state index contributed by atoms with van der Waals surface area (Å²) in [5.74, 6) is 0. The molecule has 0 unspecified atom stereocenters. The molecular weight excluding hydrogens is 208 g/mol. The second-order valence-corrected chi connectivity index (χ2v) is 2.00. The van der Waals surface area contributed by atoms with Gasteiger partial charge in [-0.15, -0.1) is 5.69 Å². The van der Waals surface area contributed by atoms with Gasteiger partial charge in [0.15, 0.2) is 0 Å². The van der Waals surface area contributed by atoms with Gasteiger partial charge in [-0.3, -0.25) is 0 Å². The average molecular weight is 217 g/mol. The molecule has 3 heteroatoms. The summed E-state index contributed by atoms with van der Waals surface area (Å²) >= 11 is 0. The molecule has 0 aliphatic heterocycles. The van der Waals surface area contributed by atoms with E-state index >= 15 is 0 Å². The van der Waals surface area contributed by atoms with E-state index in [1.807, 2.05) is 20.8 Å². The van der Waals surface area contributed by atoms with Crippen molar-refractivity contribution in [2.75, 3.05) is 0 Å². The molecule has 0 aromatic carbocycles. The van der Waals surface area contributed by atoms with E-state index in [0.717, 1.165) is 11.4 Å². The molecule has 0 aliphatic rings. The third-order valence-electron chi connectivity index (χ3n) is 1.44. The van der Waals surface area contributed by atoms with Gasteiger partial charge in [0.2, 0.25) is 0 Å². The molecule has 0 atom stereocenters. The number of hydrogen-bond acceptors (Lipinski definition) is 1. The van der Waals surface area contributed by atoms with Crippen molar-refractivity contribution in [1.29, 1.82) is 0 Å². The predicted octanol–water partition coefficient (Wildman–Crippen LogP) is 0.962. The third kappa shape index (κ3) is 1.68. The van der Waals surface area contributed by atoms with Gasteiger partial charge < -0.3 is 10.2 Å². The number of aryl methyl sites for hydroxylation is 2. The van der Waals surface area contributed by atoms with Crippen LogP contribution in [-0.2, 0) is 22.4 Å². The fourth-order valence-corrected chi connectivity index (χ4v) is 0.562. The maximum Gasteiger partial charge on any atom is 1.00 e. The van der Waals surface area contributed by atoms with Crippen molar-refractivity contribution in [3.63, 3.8) is 0 Å². The van der Waals surface area contributed by atoms with Gasteiger partial charge in [-0.25, -0.2) is 0 Å². The molecule has 0 amide bonds. The Hall–Kier alpha value is -0.0497. The molecule has 0 spiro atoms. The topological polar surface area (TPSA) is 27.0 Å². The van der Waals surface area contributed by atoms with Gasteiger partial charge in [-0.1, -0.05) is 6.92 Å². The quantitative estimate of drug-likeness (QED) is 0.605. The average Bonchev–Trinajstić information content (AvgIpc) is 1.98.